The van der Waals surface area contributed by atoms with Crippen molar-refractivity contribution in [2.24, 2.45) is 5.92 Å². The van der Waals surface area contributed by atoms with Gasteiger partial charge in [0.15, 0.2) is 0 Å². The molecule has 1 heterocycles. The van der Waals surface area contributed by atoms with Crippen LogP contribution in [-0.4, -0.2) is 50.8 Å². The molecule has 1 saturated carbocycles. The minimum Gasteiger partial charge on any atom is -0.497 e. The van der Waals surface area contributed by atoms with E-state index in [-0.39, 0.29) is 0 Å². The molecule has 0 radical (unpaired) electrons. The maximum atomic E-state index is 6.40. The molecule has 3 aromatic rings. The molecule has 0 atom stereocenters. The summed E-state index contributed by atoms with van der Waals surface area (Å²) in [6, 6.07) is 12.3. The summed E-state index contributed by atoms with van der Waals surface area (Å²) in [6.07, 6.45) is 6.85. The zero-order valence-corrected chi connectivity index (χ0v) is 22.0. The van der Waals surface area contributed by atoms with Crippen LogP contribution in [0.5, 0.6) is 11.5 Å². The average Bonchev–Trinajstić information content (AvgIpc) is 2.86. The number of benzene rings is 2. The average molecular weight is 497 g/mol. The summed E-state index contributed by atoms with van der Waals surface area (Å²) < 4.78 is 10.9. The maximum absolute atomic E-state index is 6.40. The minimum atomic E-state index is 0.457. The van der Waals surface area contributed by atoms with Gasteiger partial charge in [0.2, 0.25) is 0 Å². The van der Waals surface area contributed by atoms with Crippen LogP contribution in [0.1, 0.15) is 36.8 Å². The number of nitrogens with zero attached hydrogens (tertiary/aromatic N) is 2. The Morgan fingerprint density at radius 3 is 2.46 bits per heavy atom. The Morgan fingerprint density at radius 1 is 0.971 bits per heavy atom. The standard InChI is InChI=1S/C28H37ClN4O2/c1-33(2)18-19-5-9-23(10-6-19)32-28-21(17-31-26-12-8-22(29)13-25(26)28)16-30-15-20-7-11-24(34-3)14-27(20)35-4/h7-8,11-14,17,19,23,30H,5-6,9-10,15-16,18H2,1-4H3,(H,31,32)/t19-,23-. The number of hydrogen-bond donors (Lipinski definition) is 2. The Morgan fingerprint density at radius 2 is 1.74 bits per heavy atom. The molecular formula is C28H37ClN4O2. The van der Waals surface area contributed by atoms with E-state index in [4.69, 9.17) is 26.1 Å². The molecule has 1 aliphatic carbocycles. The van der Waals surface area contributed by atoms with E-state index >= 15 is 0 Å². The molecule has 6 nitrogen and oxygen atoms in total. The second kappa shape index (κ2) is 11.9. The van der Waals surface area contributed by atoms with Gasteiger partial charge in [-0.2, -0.15) is 0 Å². The van der Waals surface area contributed by atoms with E-state index in [2.05, 4.69) is 29.6 Å². The number of aromatic nitrogens is 1. The van der Waals surface area contributed by atoms with Gasteiger partial charge in [-0.25, -0.2) is 0 Å². The highest BCUT2D eigenvalue weighted by atomic mass is 35.5. The summed E-state index contributed by atoms with van der Waals surface area (Å²) in [5.41, 5.74) is 4.32. The number of ether oxygens (including phenoxy) is 2. The number of nitrogens with one attached hydrogen (secondary N) is 2. The van der Waals surface area contributed by atoms with Crippen molar-refractivity contribution < 1.29 is 9.47 Å². The van der Waals surface area contributed by atoms with Crippen molar-refractivity contribution in [3.05, 3.63) is 58.7 Å². The van der Waals surface area contributed by atoms with Gasteiger partial charge in [-0.1, -0.05) is 17.7 Å². The number of hydrogen-bond acceptors (Lipinski definition) is 6. The van der Waals surface area contributed by atoms with E-state index in [9.17, 15) is 0 Å². The Hall–Kier alpha value is -2.54. The molecule has 0 spiro atoms. The Bertz CT molecular complexity index is 1130. The van der Waals surface area contributed by atoms with Crippen LogP contribution in [0.15, 0.2) is 42.6 Å². The predicted molar refractivity (Wildman–Crippen MR) is 145 cm³/mol. The fraction of sp³-hybridized carbons (Fsp3) is 0.464. The van der Waals surface area contributed by atoms with Gasteiger partial charge in [0, 0.05) is 65.2 Å². The van der Waals surface area contributed by atoms with Crippen LogP contribution in [0.25, 0.3) is 10.9 Å². The molecule has 188 valence electrons. The third kappa shape index (κ3) is 6.57. The first kappa shape index (κ1) is 25.5. The Balaban J connectivity index is 1.50. The van der Waals surface area contributed by atoms with Crippen molar-refractivity contribution in [3.8, 4) is 11.5 Å². The first-order chi connectivity index (χ1) is 17.0. The molecule has 1 fully saturated rings. The van der Waals surface area contributed by atoms with Gasteiger partial charge in [0.1, 0.15) is 11.5 Å². The second-order valence-corrected chi connectivity index (χ2v) is 10.2. The highest BCUT2D eigenvalue weighted by Crippen LogP contribution is 2.33. The van der Waals surface area contributed by atoms with Gasteiger partial charge in [-0.15, -0.1) is 0 Å². The monoisotopic (exact) mass is 496 g/mol. The molecule has 0 saturated heterocycles. The molecule has 7 heteroatoms. The molecule has 0 amide bonds. The molecular weight excluding hydrogens is 460 g/mol. The summed E-state index contributed by atoms with van der Waals surface area (Å²) in [5.74, 6) is 2.38. The summed E-state index contributed by atoms with van der Waals surface area (Å²) in [5, 5.41) is 9.27. The molecule has 4 rings (SSSR count). The number of pyridine rings is 1. The number of rotatable bonds is 10. The first-order valence-corrected chi connectivity index (χ1v) is 12.7. The molecule has 1 aromatic heterocycles. The van der Waals surface area contributed by atoms with Crippen LogP contribution in [0.4, 0.5) is 5.69 Å². The normalized spacial score (nSPS) is 18.1. The van der Waals surface area contributed by atoms with Crippen molar-refractivity contribution >= 4 is 28.2 Å². The predicted octanol–water partition coefficient (Wildman–Crippen LogP) is 5.73. The number of fused-ring (bicyclic) bond motifs is 1. The smallest absolute Gasteiger partial charge is 0.127 e. The van der Waals surface area contributed by atoms with Crippen LogP contribution >= 0.6 is 11.6 Å². The lowest BCUT2D eigenvalue weighted by Gasteiger charge is -2.32. The Kier molecular flexibility index (Phi) is 8.71. The van der Waals surface area contributed by atoms with Gasteiger partial charge in [0.05, 0.1) is 19.7 Å². The number of anilines is 1. The van der Waals surface area contributed by atoms with Gasteiger partial charge in [-0.05, 0) is 70.0 Å². The Labute approximate surface area is 214 Å². The van der Waals surface area contributed by atoms with Crippen LogP contribution in [0.3, 0.4) is 0 Å². The molecule has 2 N–H and O–H groups in total. The molecule has 0 unspecified atom stereocenters. The van der Waals surface area contributed by atoms with Crippen LogP contribution < -0.4 is 20.1 Å². The number of methoxy groups -OCH3 is 2. The highest BCUT2D eigenvalue weighted by Gasteiger charge is 2.23. The summed E-state index contributed by atoms with van der Waals surface area (Å²) in [4.78, 5) is 7.02. The fourth-order valence-electron chi connectivity index (χ4n) is 5.05. The van der Waals surface area contributed by atoms with E-state index in [0.29, 0.717) is 19.1 Å². The topological polar surface area (TPSA) is 58.7 Å². The van der Waals surface area contributed by atoms with Crippen molar-refractivity contribution in [2.75, 3.05) is 40.2 Å². The van der Waals surface area contributed by atoms with Crippen molar-refractivity contribution in [1.29, 1.82) is 0 Å². The van der Waals surface area contributed by atoms with Gasteiger partial charge >= 0.3 is 0 Å². The molecule has 0 aliphatic heterocycles. The third-order valence-corrected chi connectivity index (χ3v) is 7.09. The largest absolute Gasteiger partial charge is 0.497 e. The van der Waals surface area contributed by atoms with E-state index in [0.717, 1.165) is 50.2 Å². The lowest BCUT2D eigenvalue weighted by Crippen LogP contribution is -2.31. The van der Waals surface area contributed by atoms with Crippen molar-refractivity contribution in [2.45, 2.75) is 44.8 Å². The van der Waals surface area contributed by atoms with Gasteiger partial charge in [-0.3, -0.25) is 4.98 Å². The molecule has 0 bridgehead atoms. The lowest BCUT2D eigenvalue weighted by atomic mass is 9.85. The van der Waals surface area contributed by atoms with Crippen molar-refractivity contribution in [1.82, 2.24) is 15.2 Å². The summed E-state index contributed by atoms with van der Waals surface area (Å²) in [7, 11) is 7.68. The second-order valence-electron chi connectivity index (χ2n) is 9.73. The lowest BCUT2D eigenvalue weighted by molar-refractivity contribution is 0.255. The van der Waals surface area contributed by atoms with Gasteiger partial charge in [0.25, 0.3) is 0 Å². The van der Waals surface area contributed by atoms with Crippen LogP contribution in [0.2, 0.25) is 5.02 Å². The van der Waals surface area contributed by atoms with Gasteiger partial charge < -0.3 is 25.0 Å². The zero-order valence-electron chi connectivity index (χ0n) is 21.2. The van der Waals surface area contributed by atoms with E-state index in [1.807, 2.05) is 42.6 Å². The maximum Gasteiger partial charge on any atom is 0.127 e. The van der Waals surface area contributed by atoms with Crippen LogP contribution in [0, 0.1) is 5.92 Å². The summed E-state index contributed by atoms with van der Waals surface area (Å²) in [6.45, 7) is 2.53. The molecule has 35 heavy (non-hydrogen) atoms. The minimum absolute atomic E-state index is 0.457. The third-order valence-electron chi connectivity index (χ3n) is 6.85. The van der Waals surface area contributed by atoms with Crippen molar-refractivity contribution in [3.63, 3.8) is 0 Å². The summed E-state index contributed by atoms with van der Waals surface area (Å²) >= 11 is 6.40. The fourth-order valence-corrected chi connectivity index (χ4v) is 5.22. The van der Waals surface area contributed by atoms with Crippen LogP contribution in [-0.2, 0) is 13.1 Å². The SMILES string of the molecule is COc1ccc(CNCc2cnc3ccc(Cl)cc3c2N[C@H]2CC[C@H](CN(C)C)CC2)c(OC)c1. The number of halogens is 1. The highest BCUT2D eigenvalue weighted by molar-refractivity contribution is 6.31. The molecule has 2 aromatic carbocycles. The van der Waals surface area contributed by atoms with E-state index < -0.39 is 0 Å². The molecule has 1 aliphatic rings. The first-order valence-electron chi connectivity index (χ1n) is 12.4. The van der Waals surface area contributed by atoms with E-state index in [1.54, 1.807) is 14.2 Å². The zero-order chi connectivity index (χ0) is 24.8. The quantitative estimate of drug-likeness (QED) is 0.374. The van der Waals surface area contributed by atoms with E-state index in [1.165, 1.54) is 32.2 Å².